The second-order valence-electron chi connectivity index (χ2n) is 9.23. The van der Waals surface area contributed by atoms with Gasteiger partial charge < -0.3 is 25.0 Å². The molecule has 0 saturated heterocycles. The van der Waals surface area contributed by atoms with E-state index in [1.54, 1.807) is 30.5 Å². The number of phenolic OH excluding ortho intramolecular Hbond substituents is 2. The number of aromatic hydroxyl groups is 2. The lowest BCUT2D eigenvalue weighted by atomic mass is 10.1. The van der Waals surface area contributed by atoms with Crippen molar-refractivity contribution in [2.75, 3.05) is 20.2 Å². The molecule has 0 radical (unpaired) electrons. The molecule has 0 aliphatic heterocycles. The predicted molar refractivity (Wildman–Crippen MR) is 135 cm³/mol. The first-order valence-electron chi connectivity index (χ1n) is 11.7. The summed E-state index contributed by atoms with van der Waals surface area (Å²) >= 11 is 0. The minimum atomic E-state index is -0.510. The second kappa shape index (κ2) is 13.5. The number of benzene rings is 2. The van der Waals surface area contributed by atoms with Gasteiger partial charge in [-0.3, -0.25) is 14.6 Å². The number of aliphatic imine (C=N–C) groups is 1. The standard InChI is InChI=1S/C27H36N2O6/c1-27(2,3)35-26(33)12-8-20-6-10-24(31)22(16-20)18-29-14-13-28-17-21-15-19(5-9-23(21)30)7-11-25(32)34-4/h5-6,9-10,15-16,18,28,30-31H,7-8,11-14,17H2,1-4H3. The lowest BCUT2D eigenvalue weighted by molar-refractivity contribution is -0.154. The van der Waals surface area contributed by atoms with Gasteiger partial charge in [0.15, 0.2) is 0 Å². The summed E-state index contributed by atoms with van der Waals surface area (Å²) in [5.41, 5.74) is 2.68. The Kier molecular flexibility index (Phi) is 10.7. The fourth-order valence-electron chi connectivity index (χ4n) is 3.32. The lowest BCUT2D eigenvalue weighted by Crippen LogP contribution is -2.24. The Morgan fingerprint density at radius 2 is 1.60 bits per heavy atom. The zero-order chi connectivity index (χ0) is 25.8. The highest BCUT2D eigenvalue weighted by Crippen LogP contribution is 2.20. The Hall–Kier alpha value is -3.39. The molecule has 0 aromatic heterocycles. The van der Waals surface area contributed by atoms with E-state index in [0.29, 0.717) is 38.0 Å². The number of esters is 2. The van der Waals surface area contributed by atoms with Crippen molar-refractivity contribution in [1.82, 2.24) is 5.32 Å². The average Bonchev–Trinajstić information content (AvgIpc) is 2.80. The van der Waals surface area contributed by atoms with Crippen LogP contribution in [0.5, 0.6) is 11.5 Å². The molecule has 0 spiro atoms. The van der Waals surface area contributed by atoms with E-state index in [1.165, 1.54) is 7.11 Å². The van der Waals surface area contributed by atoms with E-state index in [4.69, 9.17) is 4.74 Å². The maximum Gasteiger partial charge on any atom is 0.306 e. The fourth-order valence-corrected chi connectivity index (χ4v) is 3.32. The predicted octanol–water partition coefficient (Wildman–Crippen LogP) is 3.69. The normalized spacial score (nSPS) is 11.5. The average molecular weight is 485 g/mol. The molecule has 0 saturated carbocycles. The molecule has 190 valence electrons. The molecule has 35 heavy (non-hydrogen) atoms. The van der Waals surface area contributed by atoms with Gasteiger partial charge in [0.2, 0.25) is 0 Å². The molecule has 0 amide bonds. The summed E-state index contributed by atoms with van der Waals surface area (Å²) in [5.74, 6) is -0.213. The van der Waals surface area contributed by atoms with Gasteiger partial charge in [-0.2, -0.15) is 0 Å². The van der Waals surface area contributed by atoms with E-state index in [9.17, 15) is 19.8 Å². The number of hydrogen-bond donors (Lipinski definition) is 3. The van der Waals surface area contributed by atoms with Crippen LogP contribution in [0.4, 0.5) is 0 Å². The van der Waals surface area contributed by atoms with Crippen LogP contribution in [-0.2, 0) is 38.4 Å². The van der Waals surface area contributed by atoms with Crippen LogP contribution in [0.3, 0.4) is 0 Å². The number of ether oxygens (including phenoxy) is 2. The van der Waals surface area contributed by atoms with Crippen LogP contribution in [0.25, 0.3) is 0 Å². The number of phenols is 2. The fraction of sp³-hybridized carbons (Fsp3) is 0.444. The van der Waals surface area contributed by atoms with Gasteiger partial charge >= 0.3 is 11.9 Å². The first kappa shape index (κ1) is 27.9. The van der Waals surface area contributed by atoms with E-state index >= 15 is 0 Å². The molecule has 0 aliphatic rings. The minimum absolute atomic E-state index is 0.122. The number of rotatable bonds is 12. The molecule has 0 aliphatic carbocycles. The van der Waals surface area contributed by atoms with Crippen molar-refractivity contribution in [2.24, 2.45) is 4.99 Å². The Labute approximate surface area is 207 Å². The lowest BCUT2D eigenvalue weighted by Gasteiger charge is -2.19. The Balaban J connectivity index is 1.81. The van der Waals surface area contributed by atoms with Crippen LogP contribution < -0.4 is 5.32 Å². The second-order valence-corrected chi connectivity index (χ2v) is 9.23. The van der Waals surface area contributed by atoms with Crippen LogP contribution in [0.2, 0.25) is 0 Å². The molecular formula is C27H36N2O6. The number of nitrogens with zero attached hydrogens (tertiary/aromatic N) is 1. The van der Waals surface area contributed by atoms with E-state index in [1.807, 2.05) is 32.9 Å². The SMILES string of the molecule is COC(=O)CCc1ccc(O)c(CNCCN=Cc2cc(CCC(=O)OC(C)(C)C)ccc2O)c1. The van der Waals surface area contributed by atoms with E-state index in [0.717, 1.165) is 16.7 Å². The Morgan fingerprint density at radius 1 is 0.971 bits per heavy atom. The summed E-state index contributed by atoms with van der Waals surface area (Å²) in [5, 5.41) is 23.4. The zero-order valence-corrected chi connectivity index (χ0v) is 21.0. The number of nitrogens with one attached hydrogen (secondary N) is 1. The number of hydrogen-bond acceptors (Lipinski definition) is 8. The Morgan fingerprint density at radius 3 is 2.26 bits per heavy atom. The molecule has 3 N–H and O–H groups in total. The van der Waals surface area contributed by atoms with Crippen LogP contribution in [0.1, 0.15) is 55.9 Å². The largest absolute Gasteiger partial charge is 0.508 e. The summed E-state index contributed by atoms with van der Waals surface area (Å²) in [4.78, 5) is 27.6. The van der Waals surface area contributed by atoms with Gasteiger partial charge in [-0.1, -0.05) is 18.2 Å². The molecule has 2 aromatic carbocycles. The van der Waals surface area contributed by atoms with Crippen molar-refractivity contribution in [3.63, 3.8) is 0 Å². The van der Waals surface area contributed by atoms with Crippen molar-refractivity contribution in [3.8, 4) is 11.5 Å². The number of aryl methyl sites for hydroxylation is 2. The Bertz CT molecular complexity index is 1030. The van der Waals surface area contributed by atoms with E-state index in [2.05, 4.69) is 15.0 Å². The van der Waals surface area contributed by atoms with Crippen LogP contribution in [0.15, 0.2) is 41.4 Å². The third-order valence-electron chi connectivity index (χ3n) is 5.08. The molecule has 0 fully saturated rings. The molecule has 0 bridgehead atoms. The van der Waals surface area contributed by atoms with E-state index < -0.39 is 5.60 Å². The zero-order valence-electron chi connectivity index (χ0n) is 21.0. The molecule has 0 unspecified atom stereocenters. The maximum absolute atomic E-state index is 11.9. The third kappa shape index (κ3) is 10.6. The molecule has 8 heteroatoms. The van der Waals surface area contributed by atoms with Crippen LogP contribution in [-0.4, -0.2) is 54.2 Å². The quantitative estimate of drug-likeness (QED) is 0.239. The van der Waals surface area contributed by atoms with Crippen molar-refractivity contribution in [3.05, 3.63) is 58.7 Å². The topological polar surface area (TPSA) is 117 Å². The number of carbonyl (C=O) groups excluding carboxylic acids is 2. The molecule has 2 aromatic rings. The van der Waals surface area contributed by atoms with Crippen molar-refractivity contribution < 1.29 is 29.3 Å². The van der Waals surface area contributed by atoms with E-state index in [-0.39, 0.29) is 36.3 Å². The molecular weight excluding hydrogens is 448 g/mol. The van der Waals surface area contributed by atoms with Gasteiger partial charge in [0, 0.05) is 43.3 Å². The molecule has 2 rings (SSSR count). The third-order valence-corrected chi connectivity index (χ3v) is 5.08. The summed E-state index contributed by atoms with van der Waals surface area (Å²) in [7, 11) is 1.36. The van der Waals surface area contributed by atoms with Crippen LogP contribution in [0, 0.1) is 0 Å². The minimum Gasteiger partial charge on any atom is -0.508 e. The number of carbonyl (C=O) groups is 2. The maximum atomic E-state index is 11.9. The van der Waals surface area contributed by atoms with Gasteiger partial charge in [-0.15, -0.1) is 0 Å². The van der Waals surface area contributed by atoms with Gasteiger partial charge in [0.25, 0.3) is 0 Å². The van der Waals surface area contributed by atoms with Gasteiger partial charge in [-0.05, 0) is 62.9 Å². The first-order chi connectivity index (χ1) is 16.6. The van der Waals surface area contributed by atoms with Gasteiger partial charge in [0.1, 0.15) is 17.1 Å². The van der Waals surface area contributed by atoms with Gasteiger partial charge in [-0.25, -0.2) is 0 Å². The summed E-state index contributed by atoms with van der Waals surface area (Å²) in [6, 6.07) is 10.5. The summed E-state index contributed by atoms with van der Waals surface area (Å²) in [6.07, 6.45) is 3.22. The van der Waals surface area contributed by atoms with Gasteiger partial charge in [0.05, 0.1) is 13.7 Å². The molecule has 8 nitrogen and oxygen atoms in total. The monoisotopic (exact) mass is 484 g/mol. The van der Waals surface area contributed by atoms with Crippen molar-refractivity contribution in [2.45, 2.75) is 58.6 Å². The molecule has 0 atom stereocenters. The summed E-state index contributed by atoms with van der Waals surface area (Å²) in [6.45, 7) is 7.01. The smallest absolute Gasteiger partial charge is 0.306 e. The van der Waals surface area contributed by atoms with Crippen LogP contribution >= 0.6 is 0 Å². The highest BCUT2D eigenvalue weighted by molar-refractivity contribution is 5.83. The highest BCUT2D eigenvalue weighted by Gasteiger charge is 2.16. The molecule has 0 heterocycles. The first-order valence-corrected chi connectivity index (χ1v) is 11.7. The van der Waals surface area contributed by atoms with Crippen molar-refractivity contribution in [1.29, 1.82) is 0 Å². The highest BCUT2D eigenvalue weighted by atomic mass is 16.6. The summed E-state index contributed by atoms with van der Waals surface area (Å²) < 4.78 is 10.00. The number of methoxy groups -OCH3 is 1. The van der Waals surface area contributed by atoms with Crippen molar-refractivity contribution >= 4 is 18.2 Å².